The van der Waals surface area contributed by atoms with Crippen LogP contribution < -0.4 is 19.8 Å². The van der Waals surface area contributed by atoms with E-state index in [4.69, 9.17) is 14.2 Å². The van der Waals surface area contributed by atoms with Crippen molar-refractivity contribution in [3.63, 3.8) is 0 Å². The van der Waals surface area contributed by atoms with E-state index in [1.165, 1.54) is 45.3 Å². The van der Waals surface area contributed by atoms with E-state index in [1.807, 2.05) is 33.9 Å². The molecule has 1 fully saturated rings. The van der Waals surface area contributed by atoms with Gasteiger partial charge < -0.3 is 0 Å². The third kappa shape index (κ3) is 5.17. The number of aromatic nitrogens is 1. The summed E-state index contributed by atoms with van der Waals surface area (Å²) in [6.07, 6.45) is 6.30. The Morgan fingerprint density at radius 2 is 1.65 bits per heavy atom. The maximum atomic E-state index is 12.9. The van der Waals surface area contributed by atoms with Crippen molar-refractivity contribution in [2.24, 2.45) is 0 Å². The van der Waals surface area contributed by atoms with E-state index in [2.05, 4.69) is 4.90 Å². The molecule has 4 rings (SSSR count). The molecule has 0 amide bonds. The van der Waals surface area contributed by atoms with Crippen LogP contribution in [0, 0.1) is 0 Å². The van der Waals surface area contributed by atoms with Crippen LogP contribution in [0.3, 0.4) is 0 Å². The van der Waals surface area contributed by atoms with Gasteiger partial charge in [0.05, 0.1) is 0 Å². The minimum atomic E-state index is -0.136. The molecule has 0 bridgehead atoms. The average molecular weight is 489 g/mol. The van der Waals surface area contributed by atoms with Crippen LogP contribution in [0.1, 0.15) is 32.1 Å². The van der Waals surface area contributed by atoms with Crippen molar-refractivity contribution in [3.8, 4) is 22.9 Å². The van der Waals surface area contributed by atoms with Gasteiger partial charge >= 0.3 is 170 Å². The van der Waals surface area contributed by atoms with Crippen molar-refractivity contribution in [2.45, 2.75) is 32.1 Å². The zero-order valence-electron chi connectivity index (χ0n) is 18.3. The van der Waals surface area contributed by atoms with Crippen LogP contribution in [0.4, 0.5) is 0 Å². The summed E-state index contributed by atoms with van der Waals surface area (Å²) < 4.78 is 19.5. The zero-order chi connectivity index (χ0) is 21.6. The molecule has 2 heterocycles. The predicted molar refractivity (Wildman–Crippen MR) is 125 cm³/mol. The summed E-state index contributed by atoms with van der Waals surface area (Å²) in [4.78, 5) is 15.5. The van der Waals surface area contributed by atoms with Gasteiger partial charge in [-0.15, -0.1) is 0 Å². The van der Waals surface area contributed by atoms with E-state index in [-0.39, 0.29) is 20.3 Å². The fourth-order valence-corrected chi connectivity index (χ4v) is 6.13. The van der Waals surface area contributed by atoms with Crippen molar-refractivity contribution in [3.05, 3.63) is 46.8 Å². The van der Waals surface area contributed by atoms with Crippen LogP contribution in [0.5, 0.6) is 17.2 Å². The number of fused-ring (bicyclic) bond motifs is 1. The van der Waals surface area contributed by atoms with Gasteiger partial charge in [0.25, 0.3) is 0 Å². The molecule has 0 unspecified atom stereocenters. The number of hydrogen-bond donors (Lipinski definition) is 0. The Kier molecular flexibility index (Phi) is 7.38. The summed E-state index contributed by atoms with van der Waals surface area (Å²) in [5, 5.41) is 0.687. The number of piperidine rings is 1. The number of benzene rings is 2. The molecule has 0 aliphatic carbocycles. The Morgan fingerprint density at radius 1 is 0.935 bits per heavy atom. The van der Waals surface area contributed by atoms with Crippen LogP contribution in [0.2, 0.25) is 0 Å². The number of hydrogen-bond acceptors (Lipinski definition) is 5. The Labute approximate surface area is 189 Å². The third-order valence-corrected chi connectivity index (χ3v) is 8.04. The molecule has 0 radical (unpaired) electrons. The summed E-state index contributed by atoms with van der Waals surface area (Å²) in [5.41, 5.74) is 0.888. The molecule has 2 aromatic carbocycles. The normalized spacial score (nSPS) is 14.6. The van der Waals surface area contributed by atoms with Gasteiger partial charge in [0.2, 0.25) is 0 Å². The molecule has 1 aliphatic rings. The van der Waals surface area contributed by atoms with E-state index in [9.17, 15) is 4.79 Å². The molecule has 0 atom stereocenters. The molecule has 1 aliphatic heterocycles. The van der Waals surface area contributed by atoms with Crippen molar-refractivity contribution >= 4 is 24.4 Å². The molecule has 1 saturated heterocycles. The standard InChI is InChI=1S/C24H30N2O4Se/c1-28-21-16-20-23(17-22(21)29-2)31-26(24(20)27)18-8-10-19(11-9-18)30-15-7-6-14-25-12-4-3-5-13-25/h8-11,16-17H,3-7,12-15H2,1-2H3. The van der Waals surface area contributed by atoms with Gasteiger partial charge in [0.15, 0.2) is 0 Å². The second-order valence-corrected chi connectivity index (χ2v) is 9.92. The van der Waals surface area contributed by atoms with Gasteiger partial charge in [-0.25, -0.2) is 0 Å². The van der Waals surface area contributed by atoms with Crippen LogP contribution in [0.25, 0.3) is 15.3 Å². The Balaban J connectivity index is 1.37. The van der Waals surface area contributed by atoms with Crippen LogP contribution >= 0.6 is 0 Å². The monoisotopic (exact) mass is 490 g/mol. The second-order valence-electron chi connectivity index (χ2n) is 7.85. The molecular formula is C24H30N2O4Se. The molecule has 7 heteroatoms. The molecule has 0 saturated carbocycles. The molecule has 0 spiro atoms. The second kappa shape index (κ2) is 10.4. The minimum absolute atomic E-state index is 0.00216. The first kappa shape index (κ1) is 22.0. The van der Waals surface area contributed by atoms with Gasteiger partial charge in [-0.05, 0) is 12.8 Å². The van der Waals surface area contributed by atoms with Crippen LogP contribution in [0.15, 0.2) is 41.2 Å². The van der Waals surface area contributed by atoms with Gasteiger partial charge in [-0.3, -0.25) is 0 Å². The number of ether oxygens (including phenoxy) is 3. The topological polar surface area (TPSA) is 52.9 Å². The summed E-state index contributed by atoms with van der Waals surface area (Å²) in [6.45, 7) is 4.41. The van der Waals surface area contributed by atoms with Crippen LogP contribution in [-0.4, -0.2) is 63.7 Å². The molecular weight excluding hydrogens is 459 g/mol. The van der Waals surface area contributed by atoms with Crippen molar-refractivity contribution in [1.29, 1.82) is 0 Å². The zero-order valence-corrected chi connectivity index (χ0v) is 20.0. The van der Waals surface area contributed by atoms with E-state index in [0.29, 0.717) is 16.9 Å². The van der Waals surface area contributed by atoms with E-state index >= 15 is 0 Å². The number of rotatable bonds is 9. The first-order chi connectivity index (χ1) is 15.2. The third-order valence-electron chi connectivity index (χ3n) is 5.75. The van der Waals surface area contributed by atoms with Crippen LogP contribution in [-0.2, 0) is 0 Å². The predicted octanol–water partition coefficient (Wildman–Crippen LogP) is 3.71. The summed E-state index contributed by atoms with van der Waals surface area (Å²) >= 11 is -0.136. The molecule has 1 aromatic heterocycles. The summed E-state index contributed by atoms with van der Waals surface area (Å²) in [7, 11) is 3.19. The molecule has 166 valence electrons. The van der Waals surface area contributed by atoms with E-state index in [0.717, 1.165) is 28.7 Å². The average Bonchev–Trinajstić information content (AvgIpc) is 3.14. The van der Waals surface area contributed by atoms with E-state index in [1.54, 1.807) is 20.3 Å². The van der Waals surface area contributed by atoms with Gasteiger partial charge in [0, 0.05) is 0 Å². The van der Waals surface area contributed by atoms with Crippen molar-refractivity contribution in [1.82, 2.24) is 8.46 Å². The fraction of sp³-hybridized carbons (Fsp3) is 0.458. The SMILES string of the molecule is COc1cc2[se]n(-c3ccc(OCCCCN4CCCCC4)cc3)c(=O)c2cc1OC. The fourth-order valence-electron chi connectivity index (χ4n) is 4.01. The first-order valence-corrected chi connectivity index (χ1v) is 12.6. The summed E-state index contributed by atoms with van der Waals surface area (Å²) in [5.74, 6) is 2.08. The van der Waals surface area contributed by atoms with Gasteiger partial charge in [0.1, 0.15) is 0 Å². The van der Waals surface area contributed by atoms with Gasteiger partial charge in [-0.1, -0.05) is 6.42 Å². The summed E-state index contributed by atoms with van der Waals surface area (Å²) in [6, 6.07) is 11.5. The number of likely N-dealkylation sites (tertiary alicyclic amines) is 1. The Bertz CT molecular complexity index is 1050. The number of unbranched alkanes of at least 4 members (excludes halogenated alkanes) is 1. The quantitative estimate of drug-likeness (QED) is 0.339. The molecule has 3 aromatic rings. The van der Waals surface area contributed by atoms with Gasteiger partial charge in [-0.2, -0.15) is 0 Å². The number of methoxy groups -OCH3 is 2. The van der Waals surface area contributed by atoms with Crippen molar-refractivity contribution in [2.75, 3.05) is 40.5 Å². The molecule has 0 N–H and O–H groups in total. The molecule has 31 heavy (non-hydrogen) atoms. The van der Waals surface area contributed by atoms with E-state index < -0.39 is 0 Å². The Hall–Kier alpha value is -2.21. The first-order valence-electron chi connectivity index (χ1n) is 10.9. The Morgan fingerprint density at radius 3 is 2.35 bits per heavy atom. The van der Waals surface area contributed by atoms with Crippen molar-refractivity contribution < 1.29 is 14.2 Å². The molecule has 6 nitrogen and oxygen atoms in total. The number of nitrogens with zero attached hydrogens (tertiary/aromatic N) is 2. The maximum absolute atomic E-state index is 12.9.